The van der Waals surface area contributed by atoms with Gasteiger partial charge in [0.05, 0.1) is 22.0 Å². The van der Waals surface area contributed by atoms with Crippen LogP contribution in [0.4, 0.5) is 23.2 Å². The lowest BCUT2D eigenvalue weighted by atomic mass is 10.1. The molecule has 0 bridgehead atoms. The molecule has 0 aliphatic carbocycles. The van der Waals surface area contributed by atoms with E-state index >= 15 is 0 Å². The summed E-state index contributed by atoms with van der Waals surface area (Å²) in [7, 11) is 1.65. The quantitative estimate of drug-likeness (QED) is 0.351. The predicted octanol–water partition coefficient (Wildman–Crippen LogP) is 5.50. The van der Waals surface area contributed by atoms with E-state index in [2.05, 4.69) is 15.5 Å². The van der Waals surface area contributed by atoms with E-state index < -0.39 is 29.6 Å². The number of nitrogens with one attached hydrogen (secondary N) is 1. The number of carbonyl (C=O) groups is 1. The zero-order chi connectivity index (χ0) is 23.5. The molecular formula is C20H17ClF4N4O2S. The van der Waals surface area contributed by atoms with E-state index in [0.717, 1.165) is 23.9 Å². The van der Waals surface area contributed by atoms with Crippen molar-refractivity contribution in [1.29, 1.82) is 0 Å². The Kier molecular flexibility index (Phi) is 7.29. The first-order chi connectivity index (χ1) is 15.1. The van der Waals surface area contributed by atoms with Crippen molar-refractivity contribution in [2.24, 2.45) is 7.05 Å². The molecule has 12 heteroatoms. The zero-order valence-corrected chi connectivity index (χ0v) is 18.4. The average molecular weight is 489 g/mol. The van der Waals surface area contributed by atoms with Crippen LogP contribution in [-0.2, 0) is 18.0 Å². The van der Waals surface area contributed by atoms with Gasteiger partial charge in [-0.05, 0) is 37.3 Å². The molecule has 1 unspecified atom stereocenters. The number of para-hydroxylation sites is 1. The fourth-order valence-electron chi connectivity index (χ4n) is 2.78. The fraction of sp³-hybridized carbons (Fsp3) is 0.250. The van der Waals surface area contributed by atoms with Gasteiger partial charge in [-0.2, -0.15) is 13.2 Å². The highest BCUT2D eigenvalue weighted by Crippen LogP contribution is 2.35. The number of hydrogen-bond acceptors (Lipinski definition) is 5. The molecule has 0 aliphatic heterocycles. The van der Waals surface area contributed by atoms with Gasteiger partial charge in [-0.3, -0.25) is 4.79 Å². The topological polar surface area (TPSA) is 69.0 Å². The molecule has 0 spiro atoms. The average Bonchev–Trinajstić information content (AvgIpc) is 3.08. The number of carbonyl (C=O) groups excluding carboxylic acids is 1. The Labute approximate surface area is 189 Å². The van der Waals surface area contributed by atoms with Gasteiger partial charge in [0.1, 0.15) is 11.6 Å². The van der Waals surface area contributed by atoms with Crippen molar-refractivity contribution < 1.29 is 27.1 Å². The molecule has 3 rings (SSSR count). The number of aromatic nitrogens is 3. The van der Waals surface area contributed by atoms with Crippen LogP contribution >= 0.6 is 23.4 Å². The van der Waals surface area contributed by atoms with Crippen molar-refractivity contribution in [3.05, 3.63) is 64.7 Å². The van der Waals surface area contributed by atoms with Gasteiger partial charge in [0, 0.05) is 7.05 Å². The first-order valence-electron chi connectivity index (χ1n) is 9.16. The normalized spacial score (nSPS) is 12.5. The summed E-state index contributed by atoms with van der Waals surface area (Å²) in [6.45, 7) is 1.69. The summed E-state index contributed by atoms with van der Waals surface area (Å²) >= 11 is 6.97. The van der Waals surface area contributed by atoms with Crippen LogP contribution in [0.5, 0.6) is 5.75 Å². The number of alkyl halides is 3. The van der Waals surface area contributed by atoms with E-state index in [-0.39, 0.29) is 22.2 Å². The molecule has 2 aromatic carbocycles. The van der Waals surface area contributed by atoms with E-state index in [0.29, 0.717) is 11.0 Å². The second-order valence-electron chi connectivity index (χ2n) is 6.61. The predicted molar refractivity (Wildman–Crippen MR) is 112 cm³/mol. The van der Waals surface area contributed by atoms with Crippen molar-refractivity contribution in [3.8, 4) is 5.75 Å². The van der Waals surface area contributed by atoms with Crippen LogP contribution < -0.4 is 10.1 Å². The molecule has 3 aromatic rings. The summed E-state index contributed by atoms with van der Waals surface area (Å²) in [5.74, 6) is -0.629. The van der Waals surface area contributed by atoms with Gasteiger partial charge in [0.25, 0.3) is 0 Å². The Bertz CT molecular complexity index is 1120. The second kappa shape index (κ2) is 9.78. The fourth-order valence-corrected chi connectivity index (χ4v) is 3.71. The molecule has 170 valence electrons. The molecule has 0 radical (unpaired) electrons. The number of thioether (sulfide) groups is 1. The minimum Gasteiger partial charge on any atom is -0.481 e. The summed E-state index contributed by atoms with van der Waals surface area (Å²) in [6, 6.07) is 8.46. The summed E-state index contributed by atoms with van der Waals surface area (Å²) in [5, 5.41) is 10.8. The number of rotatable bonds is 7. The monoisotopic (exact) mass is 488 g/mol. The Hall–Kier alpha value is -2.79. The van der Waals surface area contributed by atoms with Crippen molar-refractivity contribution in [1.82, 2.24) is 14.8 Å². The summed E-state index contributed by atoms with van der Waals surface area (Å²) in [6.07, 6.45) is -5.18. The number of benzene rings is 2. The SMILES string of the molecule is CC(Oc1ccc(F)cc1Cl)c1nnc(SCC(=O)Nc2ccccc2C(F)(F)F)n1C. The van der Waals surface area contributed by atoms with Gasteiger partial charge in [0.2, 0.25) is 5.91 Å². The van der Waals surface area contributed by atoms with Crippen LogP contribution in [-0.4, -0.2) is 26.4 Å². The van der Waals surface area contributed by atoms with E-state index in [1.165, 1.54) is 30.3 Å². The van der Waals surface area contributed by atoms with Crippen molar-refractivity contribution in [3.63, 3.8) is 0 Å². The molecule has 0 aliphatic rings. The maximum atomic E-state index is 13.2. The lowest BCUT2D eigenvalue weighted by Gasteiger charge is -2.15. The van der Waals surface area contributed by atoms with Gasteiger partial charge in [-0.1, -0.05) is 35.5 Å². The molecule has 32 heavy (non-hydrogen) atoms. The molecule has 1 atom stereocenters. The van der Waals surface area contributed by atoms with Crippen LogP contribution in [0, 0.1) is 5.82 Å². The molecule has 1 N–H and O–H groups in total. The Morgan fingerprint density at radius 1 is 1.25 bits per heavy atom. The number of hydrogen-bond donors (Lipinski definition) is 1. The smallest absolute Gasteiger partial charge is 0.418 e. The Morgan fingerprint density at radius 3 is 2.66 bits per heavy atom. The van der Waals surface area contributed by atoms with Gasteiger partial charge < -0.3 is 14.6 Å². The highest BCUT2D eigenvalue weighted by Gasteiger charge is 2.33. The maximum Gasteiger partial charge on any atom is 0.418 e. The summed E-state index contributed by atoms with van der Waals surface area (Å²) < 4.78 is 59.7. The first-order valence-corrected chi connectivity index (χ1v) is 10.5. The lowest BCUT2D eigenvalue weighted by Crippen LogP contribution is -2.18. The highest BCUT2D eigenvalue weighted by atomic mass is 35.5. The third-order valence-corrected chi connectivity index (χ3v) is 5.58. The number of nitrogens with zero attached hydrogens (tertiary/aromatic N) is 3. The molecule has 0 saturated carbocycles. The Balaban J connectivity index is 1.63. The van der Waals surface area contributed by atoms with Gasteiger partial charge in [0.15, 0.2) is 17.1 Å². The molecule has 1 amide bonds. The molecule has 0 saturated heterocycles. The van der Waals surface area contributed by atoms with Crippen LogP contribution in [0.1, 0.15) is 24.4 Å². The van der Waals surface area contributed by atoms with Crippen molar-refractivity contribution in [2.45, 2.75) is 24.4 Å². The molecular weight excluding hydrogens is 472 g/mol. The van der Waals surface area contributed by atoms with Gasteiger partial charge in [-0.25, -0.2) is 4.39 Å². The molecule has 6 nitrogen and oxygen atoms in total. The maximum absolute atomic E-state index is 13.2. The van der Waals surface area contributed by atoms with Crippen molar-refractivity contribution >= 4 is 35.0 Å². The summed E-state index contributed by atoms with van der Waals surface area (Å²) in [5.41, 5.74) is -1.24. The standard InChI is InChI=1S/C20H17ClF4N4O2S/c1-11(31-16-8-7-12(22)9-14(16)21)18-27-28-19(29(18)2)32-10-17(30)26-15-6-4-3-5-13(15)20(23,24)25/h3-9,11H,10H2,1-2H3,(H,26,30). The number of anilines is 1. The highest BCUT2D eigenvalue weighted by molar-refractivity contribution is 7.99. The minimum absolute atomic E-state index is 0.101. The number of halogens is 5. The van der Waals surface area contributed by atoms with E-state index in [1.807, 2.05) is 0 Å². The van der Waals surface area contributed by atoms with Crippen LogP contribution in [0.25, 0.3) is 0 Å². The van der Waals surface area contributed by atoms with Crippen molar-refractivity contribution in [2.75, 3.05) is 11.1 Å². The van der Waals surface area contributed by atoms with Crippen LogP contribution in [0.15, 0.2) is 47.6 Å². The lowest BCUT2D eigenvalue weighted by molar-refractivity contribution is -0.137. The molecule has 1 aromatic heterocycles. The molecule has 0 fully saturated rings. The van der Waals surface area contributed by atoms with Crippen LogP contribution in [0.3, 0.4) is 0 Å². The minimum atomic E-state index is -4.58. The zero-order valence-electron chi connectivity index (χ0n) is 16.8. The number of amides is 1. The van der Waals surface area contributed by atoms with Gasteiger partial charge in [-0.15, -0.1) is 10.2 Å². The second-order valence-corrected chi connectivity index (χ2v) is 7.96. The number of ether oxygens (including phenoxy) is 1. The van der Waals surface area contributed by atoms with Gasteiger partial charge >= 0.3 is 6.18 Å². The first kappa shape index (κ1) is 23.9. The van der Waals surface area contributed by atoms with E-state index in [9.17, 15) is 22.4 Å². The van der Waals surface area contributed by atoms with Crippen LogP contribution in [0.2, 0.25) is 5.02 Å². The third-order valence-electron chi connectivity index (χ3n) is 4.27. The third kappa shape index (κ3) is 5.71. The Morgan fingerprint density at radius 2 is 1.97 bits per heavy atom. The molecule has 1 heterocycles. The summed E-state index contributed by atoms with van der Waals surface area (Å²) in [4.78, 5) is 12.2. The largest absolute Gasteiger partial charge is 0.481 e. The van der Waals surface area contributed by atoms with E-state index in [4.69, 9.17) is 16.3 Å². The van der Waals surface area contributed by atoms with E-state index in [1.54, 1.807) is 18.5 Å².